The summed E-state index contributed by atoms with van der Waals surface area (Å²) in [6, 6.07) is 0. The van der Waals surface area contributed by atoms with Gasteiger partial charge in [0.05, 0.1) is 6.10 Å². The summed E-state index contributed by atoms with van der Waals surface area (Å²) in [5, 5.41) is 9.85. The highest BCUT2D eigenvalue weighted by Gasteiger charge is 2.43. The molecule has 2 aliphatic rings. The average Bonchev–Trinajstić information content (AvgIpc) is 2.27. The van der Waals surface area contributed by atoms with Gasteiger partial charge in [0.15, 0.2) is 5.78 Å². The molecule has 0 saturated heterocycles. The van der Waals surface area contributed by atoms with Crippen LogP contribution < -0.4 is 0 Å². The van der Waals surface area contributed by atoms with Gasteiger partial charge in [0.25, 0.3) is 0 Å². The smallest absolute Gasteiger partial charge is 0.158 e. The Bertz CT molecular complexity index is 327. The molecule has 0 spiro atoms. The number of aliphatic hydroxyl groups excluding tert-OH is 1. The van der Waals surface area contributed by atoms with Crippen molar-refractivity contribution >= 4 is 5.78 Å². The van der Waals surface area contributed by atoms with Gasteiger partial charge in [-0.1, -0.05) is 19.9 Å². The Morgan fingerprint density at radius 1 is 1.28 bits per heavy atom. The second-order valence-corrected chi connectivity index (χ2v) is 6.74. The summed E-state index contributed by atoms with van der Waals surface area (Å²) in [7, 11) is 0. The summed E-state index contributed by atoms with van der Waals surface area (Å²) < 4.78 is 0. The maximum absolute atomic E-state index is 12.0. The zero-order valence-corrected chi connectivity index (χ0v) is 11.7. The first-order valence-electron chi connectivity index (χ1n) is 7.31. The highest BCUT2D eigenvalue weighted by Crippen LogP contribution is 2.52. The number of fused-ring (bicyclic) bond motifs is 2. The second kappa shape index (κ2) is 5.16. The monoisotopic (exact) mass is 250 g/mol. The Hall–Kier alpha value is -0.630. The molecule has 0 aliphatic heterocycles. The van der Waals surface area contributed by atoms with Gasteiger partial charge in [-0.25, -0.2) is 0 Å². The fourth-order valence-corrected chi connectivity index (χ4v) is 4.22. The van der Waals surface area contributed by atoms with Gasteiger partial charge in [0.1, 0.15) is 0 Å². The standard InChI is InChI=1S/C16H26O2/c1-4-16(10-15(18)11(2)3)8-12-5-13(9-16)7-14(17)6-12/h12-14,17H,2,4-10H2,1,3H3. The summed E-state index contributed by atoms with van der Waals surface area (Å²) in [4.78, 5) is 12.0. The van der Waals surface area contributed by atoms with E-state index < -0.39 is 0 Å². The van der Waals surface area contributed by atoms with E-state index in [0.29, 0.717) is 23.8 Å². The van der Waals surface area contributed by atoms with Crippen molar-refractivity contribution in [3.8, 4) is 0 Å². The number of Topliss-reactive ketones (excluding diaryl/α,β-unsaturated/α-hetero) is 1. The lowest BCUT2D eigenvalue weighted by atomic mass is 9.57. The summed E-state index contributed by atoms with van der Waals surface area (Å²) >= 11 is 0. The predicted octanol–water partition coefficient (Wildman–Crippen LogP) is 3.49. The Morgan fingerprint density at radius 2 is 1.83 bits per heavy atom. The number of carbonyl (C=O) groups is 1. The summed E-state index contributed by atoms with van der Waals surface area (Å²) in [5.41, 5.74) is 0.877. The van der Waals surface area contributed by atoms with Crippen molar-refractivity contribution in [3.05, 3.63) is 12.2 Å². The second-order valence-electron chi connectivity index (χ2n) is 6.74. The zero-order valence-electron chi connectivity index (χ0n) is 11.7. The molecule has 1 N–H and O–H groups in total. The SMILES string of the molecule is C=C(C)C(=O)CC1(CC)CC2CC(O)CC(C2)C1. The van der Waals surface area contributed by atoms with E-state index in [-0.39, 0.29) is 17.3 Å². The first-order chi connectivity index (χ1) is 8.44. The molecule has 18 heavy (non-hydrogen) atoms. The minimum absolute atomic E-state index is 0.0968. The van der Waals surface area contributed by atoms with E-state index in [2.05, 4.69) is 13.5 Å². The Kier molecular flexibility index (Phi) is 3.96. The van der Waals surface area contributed by atoms with Gasteiger partial charge in [0, 0.05) is 6.42 Å². The van der Waals surface area contributed by atoms with Crippen LogP contribution in [0.5, 0.6) is 0 Å². The van der Waals surface area contributed by atoms with Crippen molar-refractivity contribution in [2.24, 2.45) is 17.3 Å². The third-order valence-corrected chi connectivity index (χ3v) is 5.08. The summed E-state index contributed by atoms with van der Waals surface area (Å²) in [6.07, 6.45) is 7.04. The Labute approximate surface area is 110 Å². The fourth-order valence-electron chi connectivity index (χ4n) is 4.22. The fraction of sp³-hybridized carbons (Fsp3) is 0.812. The van der Waals surface area contributed by atoms with E-state index in [1.807, 2.05) is 6.92 Å². The topological polar surface area (TPSA) is 37.3 Å². The highest BCUT2D eigenvalue weighted by molar-refractivity contribution is 5.94. The number of aliphatic hydroxyl groups is 1. The van der Waals surface area contributed by atoms with E-state index in [9.17, 15) is 9.90 Å². The maximum atomic E-state index is 12.0. The molecular formula is C16H26O2. The number of ketones is 1. The quantitative estimate of drug-likeness (QED) is 0.775. The van der Waals surface area contributed by atoms with Crippen LogP contribution in [0.25, 0.3) is 0 Å². The molecule has 2 atom stereocenters. The van der Waals surface area contributed by atoms with Crippen LogP contribution in [0, 0.1) is 17.3 Å². The van der Waals surface area contributed by atoms with E-state index in [1.54, 1.807) is 0 Å². The minimum atomic E-state index is -0.0968. The van der Waals surface area contributed by atoms with E-state index in [1.165, 1.54) is 6.42 Å². The number of allylic oxidation sites excluding steroid dienone is 1. The Balaban J connectivity index is 2.09. The lowest BCUT2D eigenvalue weighted by molar-refractivity contribution is -0.119. The molecular weight excluding hydrogens is 224 g/mol. The molecule has 0 aromatic carbocycles. The van der Waals surface area contributed by atoms with Crippen LogP contribution in [0.3, 0.4) is 0 Å². The molecule has 2 unspecified atom stereocenters. The van der Waals surface area contributed by atoms with Gasteiger partial charge in [0.2, 0.25) is 0 Å². The van der Waals surface area contributed by atoms with Crippen LogP contribution in [0.2, 0.25) is 0 Å². The molecule has 2 saturated carbocycles. The molecule has 2 heteroatoms. The van der Waals surface area contributed by atoms with Crippen molar-refractivity contribution in [2.75, 3.05) is 0 Å². The highest BCUT2D eigenvalue weighted by atomic mass is 16.3. The summed E-state index contributed by atoms with van der Waals surface area (Å²) in [6.45, 7) is 7.81. The summed E-state index contributed by atoms with van der Waals surface area (Å²) in [5.74, 6) is 1.49. The lowest BCUT2D eigenvalue weighted by Gasteiger charge is -2.48. The van der Waals surface area contributed by atoms with Gasteiger partial charge in [-0.15, -0.1) is 0 Å². The van der Waals surface area contributed by atoms with Crippen LogP contribution in [0.15, 0.2) is 12.2 Å². The van der Waals surface area contributed by atoms with Crippen molar-refractivity contribution < 1.29 is 9.90 Å². The van der Waals surface area contributed by atoms with Gasteiger partial charge in [-0.3, -0.25) is 4.79 Å². The van der Waals surface area contributed by atoms with Crippen LogP contribution in [-0.2, 0) is 4.79 Å². The molecule has 0 aromatic rings. The predicted molar refractivity (Wildman–Crippen MR) is 73.2 cm³/mol. The first-order valence-corrected chi connectivity index (χ1v) is 7.31. The van der Waals surface area contributed by atoms with E-state index in [4.69, 9.17) is 0 Å². The average molecular weight is 250 g/mol. The van der Waals surface area contributed by atoms with Gasteiger partial charge in [-0.2, -0.15) is 0 Å². The molecule has 2 rings (SSSR count). The minimum Gasteiger partial charge on any atom is -0.393 e. The van der Waals surface area contributed by atoms with Crippen LogP contribution >= 0.6 is 0 Å². The molecule has 2 nitrogen and oxygen atoms in total. The molecule has 2 aliphatic carbocycles. The normalized spacial score (nSPS) is 39.4. The third kappa shape index (κ3) is 2.85. The van der Waals surface area contributed by atoms with Gasteiger partial charge < -0.3 is 5.11 Å². The van der Waals surface area contributed by atoms with Crippen molar-refractivity contribution in [3.63, 3.8) is 0 Å². The largest absolute Gasteiger partial charge is 0.393 e. The molecule has 0 amide bonds. The number of hydrogen-bond acceptors (Lipinski definition) is 2. The third-order valence-electron chi connectivity index (χ3n) is 5.08. The van der Waals surface area contributed by atoms with E-state index in [0.717, 1.165) is 32.1 Å². The number of carbonyl (C=O) groups excluding carboxylic acids is 1. The van der Waals surface area contributed by atoms with Gasteiger partial charge in [-0.05, 0) is 61.9 Å². The van der Waals surface area contributed by atoms with E-state index >= 15 is 0 Å². The number of hydrogen-bond donors (Lipinski definition) is 1. The molecule has 0 aromatic heterocycles. The van der Waals surface area contributed by atoms with Crippen LogP contribution in [-0.4, -0.2) is 17.0 Å². The molecule has 0 radical (unpaired) electrons. The lowest BCUT2D eigenvalue weighted by Crippen LogP contribution is -2.40. The van der Waals surface area contributed by atoms with Crippen molar-refractivity contribution in [2.45, 2.75) is 64.9 Å². The molecule has 2 fully saturated rings. The maximum Gasteiger partial charge on any atom is 0.158 e. The first kappa shape index (κ1) is 13.8. The molecule has 102 valence electrons. The van der Waals surface area contributed by atoms with Gasteiger partial charge >= 0.3 is 0 Å². The number of rotatable bonds is 4. The zero-order chi connectivity index (χ0) is 13.3. The molecule has 2 bridgehead atoms. The van der Waals surface area contributed by atoms with Crippen molar-refractivity contribution in [1.29, 1.82) is 0 Å². The Morgan fingerprint density at radius 3 is 2.28 bits per heavy atom. The van der Waals surface area contributed by atoms with Crippen molar-refractivity contribution in [1.82, 2.24) is 0 Å². The van der Waals surface area contributed by atoms with Crippen LogP contribution in [0.4, 0.5) is 0 Å². The molecule has 0 heterocycles. The van der Waals surface area contributed by atoms with Crippen LogP contribution in [0.1, 0.15) is 58.8 Å².